The zero-order valence-electron chi connectivity index (χ0n) is 11.9. The first-order valence-electron chi connectivity index (χ1n) is 6.86. The van der Waals surface area contributed by atoms with Gasteiger partial charge in [0.05, 0.1) is 26.6 Å². The van der Waals surface area contributed by atoms with E-state index in [1.54, 1.807) is 18.3 Å². The van der Waals surface area contributed by atoms with Crippen molar-refractivity contribution in [1.82, 2.24) is 10.3 Å². The third-order valence-electron chi connectivity index (χ3n) is 3.20. The summed E-state index contributed by atoms with van der Waals surface area (Å²) in [5.41, 5.74) is 3.36. The first-order valence-corrected chi connectivity index (χ1v) is 9.02. The largest absolute Gasteiger partial charge is 0.506 e. The molecule has 2 N–H and O–H groups in total. The van der Waals surface area contributed by atoms with Crippen molar-refractivity contribution < 1.29 is 14.6 Å². The third kappa shape index (κ3) is 5.63. The first-order chi connectivity index (χ1) is 10.6. The number of hydrogen-bond acceptors (Lipinski definition) is 5. The van der Waals surface area contributed by atoms with Crippen LogP contribution in [0.25, 0.3) is 0 Å². The number of nitrogens with one attached hydrogen (secondary N) is 1. The summed E-state index contributed by atoms with van der Waals surface area (Å²) in [5.74, 6) is 0.166. The number of rotatable bonds is 5. The fourth-order valence-electron chi connectivity index (χ4n) is 1.98. The normalized spacial score (nSPS) is 16.1. The van der Waals surface area contributed by atoms with Gasteiger partial charge in [-0.05, 0) is 62.9 Å². The van der Waals surface area contributed by atoms with Crippen molar-refractivity contribution in [2.45, 2.75) is 6.42 Å². The number of benzene rings is 1. The molecule has 1 aliphatic rings. The summed E-state index contributed by atoms with van der Waals surface area (Å²) in [7, 11) is 0. The second-order valence-electron chi connectivity index (χ2n) is 4.83. The Morgan fingerprint density at radius 2 is 2.00 bits per heavy atom. The van der Waals surface area contributed by atoms with E-state index in [1.165, 1.54) is 0 Å². The minimum atomic E-state index is -0.106. The first kappa shape index (κ1) is 17.9. The molecule has 0 bridgehead atoms. The van der Waals surface area contributed by atoms with Gasteiger partial charge in [0, 0.05) is 26.1 Å². The maximum absolute atomic E-state index is 11.7. The maximum atomic E-state index is 11.7. The van der Waals surface area contributed by atoms with E-state index in [0.717, 1.165) is 45.6 Å². The molecule has 0 aromatic heterocycles. The SMILES string of the molecule is O=C(CCN1CCOCC1)N/N=C/c1cc(I)c(O)c(I)c1. The Morgan fingerprint density at radius 3 is 2.64 bits per heavy atom. The average molecular weight is 529 g/mol. The number of carbonyl (C=O) groups is 1. The molecule has 120 valence electrons. The van der Waals surface area contributed by atoms with Gasteiger partial charge in [-0.2, -0.15) is 5.10 Å². The Balaban J connectivity index is 1.78. The van der Waals surface area contributed by atoms with E-state index in [2.05, 4.69) is 60.6 Å². The van der Waals surface area contributed by atoms with Gasteiger partial charge in [0.15, 0.2) is 0 Å². The maximum Gasteiger partial charge on any atom is 0.241 e. The number of aromatic hydroxyl groups is 1. The van der Waals surface area contributed by atoms with Crippen LogP contribution in [0, 0.1) is 7.14 Å². The van der Waals surface area contributed by atoms with Crippen LogP contribution in [0.3, 0.4) is 0 Å². The lowest BCUT2D eigenvalue weighted by atomic mass is 10.2. The molecule has 0 atom stereocenters. The molecule has 1 amide bonds. The summed E-state index contributed by atoms with van der Waals surface area (Å²) in [5, 5.41) is 13.7. The number of hydrogen-bond donors (Lipinski definition) is 2. The van der Waals surface area contributed by atoms with Crippen LogP contribution in [0.15, 0.2) is 17.2 Å². The minimum absolute atomic E-state index is 0.106. The van der Waals surface area contributed by atoms with Crippen molar-refractivity contribution in [2.75, 3.05) is 32.8 Å². The van der Waals surface area contributed by atoms with Crippen molar-refractivity contribution >= 4 is 57.3 Å². The lowest BCUT2D eigenvalue weighted by molar-refractivity contribution is -0.121. The predicted molar refractivity (Wildman–Crippen MR) is 101 cm³/mol. The number of nitrogens with zero attached hydrogens (tertiary/aromatic N) is 2. The van der Waals surface area contributed by atoms with Gasteiger partial charge in [0.25, 0.3) is 0 Å². The monoisotopic (exact) mass is 529 g/mol. The van der Waals surface area contributed by atoms with E-state index in [4.69, 9.17) is 4.74 Å². The number of morpholine rings is 1. The fraction of sp³-hybridized carbons (Fsp3) is 0.429. The van der Waals surface area contributed by atoms with Crippen molar-refractivity contribution in [3.8, 4) is 5.75 Å². The molecule has 6 nitrogen and oxygen atoms in total. The van der Waals surface area contributed by atoms with Gasteiger partial charge in [-0.25, -0.2) is 5.43 Å². The number of carbonyl (C=O) groups excluding carboxylic acids is 1. The van der Waals surface area contributed by atoms with Gasteiger partial charge in [-0.3, -0.25) is 9.69 Å². The van der Waals surface area contributed by atoms with E-state index in [-0.39, 0.29) is 11.7 Å². The Bertz CT molecular complexity index is 537. The van der Waals surface area contributed by atoms with Gasteiger partial charge >= 0.3 is 0 Å². The molecule has 0 unspecified atom stereocenters. The Labute approximate surface area is 156 Å². The summed E-state index contributed by atoms with van der Waals surface area (Å²) in [6.07, 6.45) is 2.00. The zero-order valence-corrected chi connectivity index (χ0v) is 16.2. The average Bonchev–Trinajstić information content (AvgIpc) is 2.51. The van der Waals surface area contributed by atoms with Gasteiger partial charge in [0.2, 0.25) is 5.91 Å². The Hall–Kier alpha value is -0.460. The highest BCUT2D eigenvalue weighted by molar-refractivity contribution is 14.1. The van der Waals surface area contributed by atoms with Crippen LogP contribution in [0.4, 0.5) is 0 Å². The van der Waals surface area contributed by atoms with E-state index < -0.39 is 0 Å². The molecule has 0 radical (unpaired) electrons. The molecule has 22 heavy (non-hydrogen) atoms. The Morgan fingerprint density at radius 1 is 1.36 bits per heavy atom. The molecule has 8 heteroatoms. The molecule has 0 saturated carbocycles. The minimum Gasteiger partial charge on any atom is -0.506 e. The summed E-state index contributed by atoms with van der Waals surface area (Å²) >= 11 is 4.12. The number of phenols is 1. The topological polar surface area (TPSA) is 74.2 Å². The van der Waals surface area contributed by atoms with Gasteiger partial charge in [-0.15, -0.1) is 0 Å². The second kappa shape index (κ2) is 8.99. The van der Waals surface area contributed by atoms with Crippen LogP contribution in [-0.2, 0) is 9.53 Å². The van der Waals surface area contributed by atoms with Crippen molar-refractivity contribution in [1.29, 1.82) is 0 Å². The highest BCUT2D eigenvalue weighted by atomic mass is 127. The molecule has 1 saturated heterocycles. The highest BCUT2D eigenvalue weighted by Gasteiger charge is 2.11. The number of halogens is 2. The van der Waals surface area contributed by atoms with Crippen LogP contribution < -0.4 is 5.43 Å². The molecular formula is C14H17I2N3O3. The molecule has 1 heterocycles. The van der Waals surface area contributed by atoms with E-state index in [9.17, 15) is 9.90 Å². The number of hydrazone groups is 1. The molecule has 1 aromatic carbocycles. The van der Waals surface area contributed by atoms with Gasteiger partial charge in [-0.1, -0.05) is 0 Å². The van der Waals surface area contributed by atoms with Crippen LogP contribution in [0.1, 0.15) is 12.0 Å². The summed E-state index contributed by atoms with van der Waals surface area (Å²) < 4.78 is 6.77. The molecular weight excluding hydrogens is 512 g/mol. The highest BCUT2D eigenvalue weighted by Crippen LogP contribution is 2.26. The van der Waals surface area contributed by atoms with Crippen LogP contribution in [0.5, 0.6) is 5.75 Å². The smallest absolute Gasteiger partial charge is 0.241 e. The molecule has 1 aliphatic heterocycles. The molecule has 0 aliphatic carbocycles. The third-order valence-corrected chi connectivity index (χ3v) is 4.85. The molecule has 1 fully saturated rings. The molecule has 1 aromatic rings. The number of ether oxygens (including phenoxy) is 1. The van der Waals surface area contributed by atoms with Crippen molar-refractivity contribution in [2.24, 2.45) is 5.10 Å². The quantitative estimate of drug-likeness (QED) is 0.347. The molecule has 2 rings (SSSR count). The van der Waals surface area contributed by atoms with Crippen molar-refractivity contribution in [3.05, 3.63) is 24.8 Å². The lowest BCUT2D eigenvalue weighted by Crippen LogP contribution is -2.38. The number of phenolic OH excluding ortho intramolecular Hbond substituents is 1. The molecule has 0 spiro atoms. The van der Waals surface area contributed by atoms with Crippen molar-refractivity contribution in [3.63, 3.8) is 0 Å². The van der Waals surface area contributed by atoms with Crippen LogP contribution in [-0.4, -0.2) is 55.0 Å². The Kier molecular flexibility index (Phi) is 7.31. The van der Waals surface area contributed by atoms with Crippen LogP contribution in [0.2, 0.25) is 0 Å². The lowest BCUT2D eigenvalue weighted by Gasteiger charge is -2.25. The van der Waals surface area contributed by atoms with Crippen LogP contribution >= 0.6 is 45.2 Å². The standard InChI is InChI=1S/C14H17I2N3O3/c15-11-7-10(8-12(16)14(11)21)9-17-18-13(20)1-2-19-3-5-22-6-4-19/h7-9,21H,1-6H2,(H,18,20)/b17-9+. The fourth-order valence-corrected chi connectivity index (χ4v) is 3.80. The summed E-state index contributed by atoms with van der Waals surface area (Å²) in [6.45, 7) is 3.94. The summed E-state index contributed by atoms with van der Waals surface area (Å²) in [6, 6.07) is 3.61. The van der Waals surface area contributed by atoms with Gasteiger partial charge < -0.3 is 9.84 Å². The van der Waals surface area contributed by atoms with E-state index in [1.807, 2.05) is 0 Å². The van der Waals surface area contributed by atoms with E-state index in [0.29, 0.717) is 6.42 Å². The predicted octanol–water partition coefficient (Wildman–Crippen LogP) is 1.77. The summed E-state index contributed by atoms with van der Waals surface area (Å²) in [4.78, 5) is 13.9. The van der Waals surface area contributed by atoms with E-state index >= 15 is 0 Å². The number of amides is 1. The van der Waals surface area contributed by atoms with Gasteiger partial charge in [0.1, 0.15) is 5.75 Å². The second-order valence-corrected chi connectivity index (χ2v) is 7.15. The zero-order chi connectivity index (χ0) is 15.9.